The standard InChI is InChI=1S/C15H26N2O3/c1-5-7-15(13(18)19)8-6-9-17(11-15)14(20)16(4)10-12(2)3/h2,5-11H2,1,3-4H3,(H,18,19). The SMILES string of the molecule is C=C(C)CN(C)C(=O)N1CCCC(CCC)(C(=O)O)C1. The van der Waals surface area contributed by atoms with Crippen molar-refractivity contribution in [2.24, 2.45) is 5.41 Å². The summed E-state index contributed by atoms with van der Waals surface area (Å²) in [6.07, 6.45) is 2.84. The zero-order valence-electron chi connectivity index (χ0n) is 12.8. The van der Waals surface area contributed by atoms with Gasteiger partial charge < -0.3 is 14.9 Å². The number of nitrogens with zero attached hydrogens (tertiary/aromatic N) is 2. The molecular weight excluding hydrogens is 256 g/mol. The van der Waals surface area contributed by atoms with Gasteiger partial charge in [0.15, 0.2) is 0 Å². The Bertz CT molecular complexity index is 391. The number of aliphatic carboxylic acids is 1. The van der Waals surface area contributed by atoms with E-state index in [1.807, 2.05) is 13.8 Å². The molecule has 0 aliphatic carbocycles. The van der Waals surface area contributed by atoms with Crippen molar-refractivity contribution in [1.82, 2.24) is 9.80 Å². The zero-order chi connectivity index (χ0) is 15.3. The lowest BCUT2D eigenvalue weighted by Crippen LogP contribution is -2.53. The van der Waals surface area contributed by atoms with Crippen LogP contribution >= 0.6 is 0 Å². The van der Waals surface area contributed by atoms with Gasteiger partial charge in [0.1, 0.15) is 0 Å². The molecule has 0 aromatic rings. The number of carboxylic acid groups (broad SMARTS) is 1. The molecule has 1 N–H and O–H groups in total. The van der Waals surface area contributed by atoms with Crippen LogP contribution in [0, 0.1) is 5.41 Å². The monoisotopic (exact) mass is 282 g/mol. The smallest absolute Gasteiger partial charge is 0.320 e. The number of rotatable bonds is 5. The summed E-state index contributed by atoms with van der Waals surface area (Å²) in [5, 5.41) is 9.54. The minimum Gasteiger partial charge on any atom is -0.481 e. The molecule has 0 aromatic heterocycles. The summed E-state index contributed by atoms with van der Waals surface area (Å²) in [6, 6.07) is -0.102. The number of amides is 2. The Morgan fingerprint density at radius 1 is 1.45 bits per heavy atom. The van der Waals surface area contributed by atoms with Crippen molar-refractivity contribution in [3.05, 3.63) is 12.2 Å². The molecule has 0 radical (unpaired) electrons. The van der Waals surface area contributed by atoms with E-state index < -0.39 is 11.4 Å². The van der Waals surface area contributed by atoms with Gasteiger partial charge in [-0.1, -0.05) is 25.5 Å². The number of carbonyl (C=O) groups is 2. The molecule has 1 atom stereocenters. The Morgan fingerprint density at radius 2 is 2.10 bits per heavy atom. The highest BCUT2D eigenvalue weighted by atomic mass is 16.4. The predicted octanol–water partition coefficient (Wildman–Crippen LogP) is 2.58. The summed E-state index contributed by atoms with van der Waals surface area (Å²) in [5.41, 5.74) is 0.142. The largest absolute Gasteiger partial charge is 0.481 e. The summed E-state index contributed by atoms with van der Waals surface area (Å²) in [6.45, 7) is 9.12. The van der Waals surface area contributed by atoms with Gasteiger partial charge >= 0.3 is 12.0 Å². The van der Waals surface area contributed by atoms with Crippen LogP contribution in [0.3, 0.4) is 0 Å². The summed E-state index contributed by atoms with van der Waals surface area (Å²) in [7, 11) is 1.73. The first kappa shape index (κ1) is 16.5. The molecule has 1 aliphatic heterocycles. The summed E-state index contributed by atoms with van der Waals surface area (Å²) in [4.78, 5) is 27.3. The molecule has 20 heavy (non-hydrogen) atoms. The highest BCUT2D eigenvalue weighted by molar-refractivity contribution is 5.79. The second-order valence-corrected chi connectivity index (χ2v) is 5.96. The minimum atomic E-state index is -0.778. The first-order chi connectivity index (χ1) is 9.32. The number of hydrogen-bond acceptors (Lipinski definition) is 2. The van der Waals surface area contributed by atoms with Crippen LogP contribution in [-0.2, 0) is 4.79 Å². The second-order valence-electron chi connectivity index (χ2n) is 5.96. The molecule has 1 rings (SSSR count). The molecule has 0 aromatic carbocycles. The van der Waals surface area contributed by atoms with E-state index in [0.29, 0.717) is 32.5 Å². The average molecular weight is 282 g/mol. The lowest BCUT2D eigenvalue weighted by molar-refractivity contribution is -0.152. The van der Waals surface area contributed by atoms with Crippen molar-refractivity contribution >= 4 is 12.0 Å². The first-order valence-electron chi connectivity index (χ1n) is 7.20. The third kappa shape index (κ3) is 3.74. The Kier molecular flexibility index (Phi) is 5.60. The maximum absolute atomic E-state index is 12.4. The van der Waals surface area contributed by atoms with Crippen LogP contribution < -0.4 is 0 Å². The number of urea groups is 1. The van der Waals surface area contributed by atoms with Gasteiger partial charge in [0.05, 0.1) is 5.41 Å². The van der Waals surface area contributed by atoms with Crippen LogP contribution in [-0.4, -0.2) is 53.6 Å². The van der Waals surface area contributed by atoms with Gasteiger partial charge in [0, 0.05) is 26.7 Å². The molecule has 1 fully saturated rings. The van der Waals surface area contributed by atoms with Gasteiger partial charge in [-0.25, -0.2) is 4.79 Å². The van der Waals surface area contributed by atoms with Crippen molar-refractivity contribution in [2.75, 3.05) is 26.7 Å². The number of likely N-dealkylation sites (N-methyl/N-ethyl adjacent to an activating group) is 1. The van der Waals surface area contributed by atoms with Gasteiger partial charge in [0.2, 0.25) is 0 Å². The Hall–Kier alpha value is -1.52. The summed E-state index contributed by atoms with van der Waals surface area (Å²) >= 11 is 0. The zero-order valence-corrected chi connectivity index (χ0v) is 12.8. The van der Waals surface area contributed by atoms with Crippen LogP contribution in [0.25, 0.3) is 0 Å². The highest BCUT2D eigenvalue weighted by Gasteiger charge is 2.43. The molecule has 1 saturated heterocycles. The van der Waals surface area contributed by atoms with E-state index in [4.69, 9.17) is 0 Å². The number of likely N-dealkylation sites (tertiary alicyclic amines) is 1. The highest BCUT2D eigenvalue weighted by Crippen LogP contribution is 2.35. The molecular formula is C15H26N2O3. The molecule has 1 aliphatic rings. The topological polar surface area (TPSA) is 60.9 Å². The number of piperidine rings is 1. The summed E-state index contributed by atoms with van der Waals surface area (Å²) < 4.78 is 0. The number of hydrogen-bond donors (Lipinski definition) is 1. The fourth-order valence-corrected chi connectivity index (χ4v) is 2.97. The van der Waals surface area contributed by atoms with Crippen molar-refractivity contribution < 1.29 is 14.7 Å². The van der Waals surface area contributed by atoms with Crippen LogP contribution in [0.5, 0.6) is 0 Å². The molecule has 0 saturated carbocycles. The van der Waals surface area contributed by atoms with E-state index in [2.05, 4.69) is 6.58 Å². The number of carbonyl (C=O) groups excluding carboxylic acids is 1. The van der Waals surface area contributed by atoms with Crippen molar-refractivity contribution in [3.63, 3.8) is 0 Å². The van der Waals surface area contributed by atoms with E-state index in [1.54, 1.807) is 16.8 Å². The van der Waals surface area contributed by atoms with E-state index in [1.165, 1.54) is 0 Å². The Labute approximate surface area is 121 Å². The molecule has 0 bridgehead atoms. The molecule has 114 valence electrons. The third-order valence-corrected chi connectivity index (χ3v) is 3.86. The Morgan fingerprint density at radius 3 is 2.60 bits per heavy atom. The molecule has 5 nitrogen and oxygen atoms in total. The van der Waals surface area contributed by atoms with E-state index in [0.717, 1.165) is 18.4 Å². The van der Waals surface area contributed by atoms with Gasteiger partial charge in [-0.3, -0.25) is 4.79 Å². The van der Waals surface area contributed by atoms with Crippen molar-refractivity contribution in [3.8, 4) is 0 Å². The van der Waals surface area contributed by atoms with Crippen LogP contribution in [0.4, 0.5) is 4.79 Å². The van der Waals surface area contributed by atoms with Gasteiger partial charge in [-0.2, -0.15) is 0 Å². The minimum absolute atomic E-state index is 0.102. The molecule has 1 heterocycles. The fraction of sp³-hybridized carbons (Fsp3) is 0.733. The van der Waals surface area contributed by atoms with E-state index >= 15 is 0 Å². The van der Waals surface area contributed by atoms with Crippen LogP contribution in [0.2, 0.25) is 0 Å². The van der Waals surface area contributed by atoms with E-state index in [-0.39, 0.29) is 6.03 Å². The predicted molar refractivity (Wildman–Crippen MR) is 78.6 cm³/mol. The quantitative estimate of drug-likeness (QED) is 0.788. The van der Waals surface area contributed by atoms with Gasteiger partial charge in [-0.15, -0.1) is 0 Å². The maximum atomic E-state index is 12.4. The normalized spacial score (nSPS) is 22.4. The molecule has 1 unspecified atom stereocenters. The Balaban J connectivity index is 2.79. The van der Waals surface area contributed by atoms with Gasteiger partial charge in [-0.05, 0) is 26.2 Å². The average Bonchev–Trinajstić information content (AvgIpc) is 2.37. The maximum Gasteiger partial charge on any atom is 0.320 e. The van der Waals surface area contributed by atoms with Crippen LogP contribution in [0.15, 0.2) is 12.2 Å². The van der Waals surface area contributed by atoms with Gasteiger partial charge in [0.25, 0.3) is 0 Å². The lowest BCUT2D eigenvalue weighted by atomic mass is 9.76. The van der Waals surface area contributed by atoms with Crippen molar-refractivity contribution in [1.29, 1.82) is 0 Å². The third-order valence-electron chi connectivity index (χ3n) is 3.86. The lowest BCUT2D eigenvalue weighted by Gasteiger charge is -2.41. The molecule has 5 heteroatoms. The van der Waals surface area contributed by atoms with Crippen molar-refractivity contribution in [2.45, 2.75) is 39.5 Å². The van der Waals surface area contributed by atoms with E-state index in [9.17, 15) is 14.7 Å². The number of carboxylic acids is 1. The first-order valence-corrected chi connectivity index (χ1v) is 7.20. The molecule has 2 amide bonds. The summed E-state index contributed by atoms with van der Waals surface area (Å²) in [5.74, 6) is -0.778. The van der Waals surface area contributed by atoms with Crippen LogP contribution in [0.1, 0.15) is 39.5 Å². The molecule has 0 spiro atoms. The fourth-order valence-electron chi connectivity index (χ4n) is 2.97. The second kappa shape index (κ2) is 6.77.